The molecule has 1 saturated heterocycles. The fourth-order valence-electron chi connectivity index (χ4n) is 3.28. The Labute approximate surface area is 155 Å². The summed E-state index contributed by atoms with van der Waals surface area (Å²) in [5.41, 5.74) is 2.76. The fourth-order valence-corrected chi connectivity index (χ4v) is 4.50. The molecule has 1 fully saturated rings. The van der Waals surface area contributed by atoms with Crippen LogP contribution in [0.4, 0.5) is 5.95 Å². The minimum absolute atomic E-state index is 0.0308. The van der Waals surface area contributed by atoms with Crippen LogP contribution in [-0.2, 0) is 15.8 Å². The number of anilines is 1. The van der Waals surface area contributed by atoms with Crippen molar-refractivity contribution in [2.45, 2.75) is 32.4 Å². The quantitative estimate of drug-likeness (QED) is 0.840. The highest BCUT2D eigenvalue weighted by Crippen LogP contribution is 2.21. The predicted octanol–water partition coefficient (Wildman–Crippen LogP) is 2.43. The third-order valence-electron chi connectivity index (χ3n) is 4.66. The summed E-state index contributed by atoms with van der Waals surface area (Å²) >= 11 is 0. The number of nitrogens with one attached hydrogen (secondary N) is 1. The van der Waals surface area contributed by atoms with E-state index in [0.29, 0.717) is 12.5 Å². The third-order valence-corrected chi connectivity index (χ3v) is 5.98. The molecule has 2 heterocycles. The summed E-state index contributed by atoms with van der Waals surface area (Å²) in [6, 6.07) is 11.2. The van der Waals surface area contributed by atoms with Gasteiger partial charge in [-0.05, 0) is 44.2 Å². The minimum Gasteiger partial charge on any atom is -0.341 e. The van der Waals surface area contributed by atoms with Gasteiger partial charge in [-0.2, -0.15) is 0 Å². The zero-order valence-corrected chi connectivity index (χ0v) is 16.2. The number of benzene rings is 1. The van der Waals surface area contributed by atoms with E-state index in [9.17, 15) is 8.42 Å². The van der Waals surface area contributed by atoms with Crippen molar-refractivity contribution in [2.24, 2.45) is 5.92 Å². The van der Waals surface area contributed by atoms with Gasteiger partial charge < -0.3 is 4.90 Å². The molecule has 1 aromatic carbocycles. The molecule has 1 aliphatic rings. The maximum atomic E-state index is 12.3. The second-order valence-electron chi connectivity index (χ2n) is 6.97. The molecule has 140 valence electrons. The van der Waals surface area contributed by atoms with Gasteiger partial charge >= 0.3 is 0 Å². The summed E-state index contributed by atoms with van der Waals surface area (Å²) in [5.74, 6) is 1.16. The van der Waals surface area contributed by atoms with E-state index in [0.717, 1.165) is 48.8 Å². The number of hydrogen-bond donors (Lipinski definition) is 1. The van der Waals surface area contributed by atoms with Crippen molar-refractivity contribution in [3.05, 3.63) is 53.3 Å². The Kier molecular flexibility index (Phi) is 5.88. The molecule has 1 aliphatic heterocycles. The molecule has 0 bridgehead atoms. The Morgan fingerprint density at radius 1 is 1.08 bits per heavy atom. The summed E-state index contributed by atoms with van der Waals surface area (Å²) in [7, 11) is -3.30. The summed E-state index contributed by atoms with van der Waals surface area (Å²) in [5, 5.41) is 0. The van der Waals surface area contributed by atoms with Crippen LogP contribution >= 0.6 is 0 Å². The summed E-state index contributed by atoms with van der Waals surface area (Å²) in [4.78, 5) is 11.2. The lowest BCUT2D eigenvalue weighted by Crippen LogP contribution is -2.39. The first-order valence-corrected chi connectivity index (χ1v) is 10.6. The maximum absolute atomic E-state index is 12.3. The van der Waals surface area contributed by atoms with Gasteiger partial charge in [0.2, 0.25) is 16.0 Å². The molecule has 0 saturated carbocycles. The highest BCUT2D eigenvalue weighted by atomic mass is 32.2. The van der Waals surface area contributed by atoms with Gasteiger partial charge in [0.1, 0.15) is 0 Å². The highest BCUT2D eigenvalue weighted by molar-refractivity contribution is 7.88. The average molecular weight is 375 g/mol. The summed E-state index contributed by atoms with van der Waals surface area (Å²) < 4.78 is 27.3. The number of aromatic nitrogens is 2. The van der Waals surface area contributed by atoms with Crippen LogP contribution < -0.4 is 9.62 Å². The topological polar surface area (TPSA) is 75.2 Å². The van der Waals surface area contributed by atoms with E-state index >= 15 is 0 Å². The van der Waals surface area contributed by atoms with E-state index in [1.54, 1.807) is 0 Å². The largest absolute Gasteiger partial charge is 0.341 e. The molecule has 3 rings (SSSR count). The van der Waals surface area contributed by atoms with E-state index < -0.39 is 10.0 Å². The van der Waals surface area contributed by atoms with Crippen LogP contribution in [0.5, 0.6) is 0 Å². The Morgan fingerprint density at radius 2 is 1.69 bits per heavy atom. The fraction of sp³-hybridized carbons (Fsp3) is 0.474. The normalized spacial score (nSPS) is 16.0. The zero-order chi connectivity index (χ0) is 18.6. The molecule has 0 atom stereocenters. The number of aryl methyl sites for hydroxylation is 2. The van der Waals surface area contributed by atoms with E-state index in [4.69, 9.17) is 0 Å². The second kappa shape index (κ2) is 8.14. The smallest absolute Gasteiger partial charge is 0.225 e. The van der Waals surface area contributed by atoms with Crippen LogP contribution in [-0.4, -0.2) is 38.0 Å². The number of rotatable bonds is 6. The lowest BCUT2D eigenvalue weighted by Gasteiger charge is -2.32. The standard InChI is InChI=1S/C19H26N4O2S/c1-15-12-16(2)22-19(21-15)23-10-8-17(9-11-23)13-20-26(24,25)14-18-6-4-3-5-7-18/h3-7,12,17,20H,8-11,13-14H2,1-2H3. The zero-order valence-electron chi connectivity index (χ0n) is 15.4. The van der Waals surface area contributed by atoms with Crippen LogP contribution in [0.1, 0.15) is 29.8 Å². The maximum Gasteiger partial charge on any atom is 0.225 e. The summed E-state index contributed by atoms with van der Waals surface area (Å²) in [6.07, 6.45) is 1.87. The molecular formula is C19H26N4O2S. The van der Waals surface area contributed by atoms with Crippen molar-refractivity contribution in [2.75, 3.05) is 24.5 Å². The number of hydrogen-bond acceptors (Lipinski definition) is 5. The number of sulfonamides is 1. The molecule has 0 spiro atoms. The molecule has 0 aliphatic carbocycles. The van der Waals surface area contributed by atoms with Gasteiger partial charge in [0, 0.05) is 31.0 Å². The van der Waals surface area contributed by atoms with Gasteiger partial charge in [-0.3, -0.25) is 0 Å². The van der Waals surface area contributed by atoms with E-state index in [1.807, 2.05) is 50.2 Å². The van der Waals surface area contributed by atoms with Crippen LogP contribution in [0.15, 0.2) is 36.4 Å². The monoisotopic (exact) mass is 374 g/mol. The van der Waals surface area contributed by atoms with Crippen LogP contribution in [0.25, 0.3) is 0 Å². The average Bonchev–Trinajstić information content (AvgIpc) is 2.60. The van der Waals surface area contributed by atoms with Gasteiger partial charge in [0.15, 0.2) is 0 Å². The van der Waals surface area contributed by atoms with Crippen LogP contribution in [0.2, 0.25) is 0 Å². The van der Waals surface area contributed by atoms with E-state index in [-0.39, 0.29) is 5.75 Å². The molecule has 0 unspecified atom stereocenters. The Morgan fingerprint density at radius 3 is 2.31 bits per heavy atom. The van der Waals surface area contributed by atoms with Gasteiger partial charge in [-0.1, -0.05) is 30.3 Å². The van der Waals surface area contributed by atoms with Crippen LogP contribution in [0, 0.1) is 19.8 Å². The number of nitrogens with zero attached hydrogens (tertiary/aromatic N) is 3. The van der Waals surface area contributed by atoms with Crippen molar-refractivity contribution >= 4 is 16.0 Å². The lowest BCUT2D eigenvalue weighted by molar-refractivity contribution is 0.398. The minimum atomic E-state index is -3.30. The molecule has 26 heavy (non-hydrogen) atoms. The van der Waals surface area contributed by atoms with Crippen molar-refractivity contribution in [3.8, 4) is 0 Å². The Hall–Kier alpha value is -1.99. The van der Waals surface area contributed by atoms with E-state index in [1.165, 1.54) is 0 Å². The first-order valence-electron chi connectivity index (χ1n) is 9.00. The molecule has 0 amide bonds. The van der Waals surface area contributed by atoms with Crippen molar-refractivity contribution in [1.29, 1.82) is 0 Å². The van der Waals surface area contributed by atoms with E-state index in [2.05, 4.69) is 19.6 Å². The van der Waals surface area contributed by atoms with Crippen LogP contribution in [0.3, 0.4) is 0 Å². The first kappa shape index (κ1) is 18.8. The third kappa shape index (κ3) is 5.25. The van der Waals surface area contributed by atoms with Gasteiger partial charge in [0.25, 0.3) is 0 Å². The second-order valence-corrected chi connectivity index (χ2v) is 8.78. The van der Waals surface area contributed by atoms with Gasteiger partial charge in [0.05, 0.1) is 5.75 Å². The Balaban J connectivity index is 1.49. The molecule has 0 radical (unpaired) electrons. The predicted molar refractivity (Wildman–Crippen MR) is 104 cm³/mol. The van der Waals surface area contributed by atoms with Crippen molar-refractivity contribution in [3.63, 3.8) is 0 Å². The highest BCUT2D eigenvalue weighted by Gasteiger charge is 2.23. The molecule has 7 heteroatoms. The summed E-state index contributed by atoms with van der Waals surface area (Å²) in [6.45, 7) is 6.16. The van der Waals surface area contributed by atoms with Crippen molar-refractivity contribution < 1.29 is 8.42 Å². The molecular weight excluding hydrogens is 348 g/mol. The number of piperidine rings is 1. The lowest BCUT2D eigenvalue weighted by atomic mass is 9.97. The molecule has 1 aromatic heterocycles. The van der Waals surface area contributed by atoms with Gasteiger partial charge in [-0.15, -0.1) is 0 Å². The van der Waals surface area contributed by atoms with Gasteiger partial charge in [-0.25, -0.2) is 23.1 Å². The molecule has 2 aromatic rings. The SMILES string of the molecule is Cc1cc(C)nc(N2CCC(CNS(=O)(=O)Cc3ccccc3)CC2)n1. The Bertz CT molecular complexity index is 812. The molecule has 6 nitrogen and oxygen atoms in total. The van der Waals surface area contributed by atoms with Crippen molar-refractivity contribution in [1.82, 2.24) is 14.7 Å². The first-order chi connectivity index (χ1) is 12.4. The molecule has 1 N–H and O–H groups in total.